The van der Waals surface area contributed by atoms with E-state index >= 15 is 0 Å². The number of nitrogens with one attached hydrogen (secondary N) is 2. The lowest BCUT2D eigenvalue weighted by atomic mass is 10.2. The number of benzene rings is 1. The summed E-state index contributed by atoms with van der Waals surface area (Å²) < 4.78 is 9.65. The number of hydrogen-bond acceptors (Lipinski definition) is 5. The van der Waals surface area contributed by atoms with Crippen molar-refractivity contribution in [3.05, 3.63) is 18.2 Å². The average Bonchev–Trinajstić information content (AvgIpc) is 2.45. The Bertz CT molecular complexity index is 574. The zero-order valence-corrected chi connectivity index (χ0v) is 12.9. The van der Waals surface area contributed by atoms with Crippen LogP contribution in [-0.2, 0) is 14.3 Å². The molecule has 120 valence electrons. The molecule has 0 atom stereocenters. The van der Waals surface area contributed by atoms with E-state index in [4.69, 9.17) is 4.74 Å². The standard InChI is InChI=1S/C14H19N3O5/c1-9(18)15-10-5-6-12(21-3)11(7-10)16-13(19)8-17(2)14(20)22-4/h5-7H,8H2,1-4H3,(H,15,18)(H,16,19). The number of anilines is 2. The summed E-state index contributed by atoms with van der Waals surface area (Å²) in [5.41, 5.74) is 0.905. The minimum absolute atomic E-state index is 0.180. The predicted molar refractivity (Wildman–Crippen MR) is 81.0 cm³/mol. The van der Waals surface area contributed by atoms with Crippen molar-refractivity contribution in [3.8, 4) is 5.75 Å². The second-order valence-corrected chi connectivity index (χ2v) is 4.47. The maximum absolute atomic E-state index is 11.9. The highest BCUT2D eigenvalue weighted by atomic mass is 16.5. The first kappa shape index (κ1) is 17.3. The molecule has 1 rings (SSSR count). The number of likely N-dealkylation sites (N-methyl/N-ethyl adjacent to an activating group) is 1. The van der Waals surface area contributed by atoms with Gasteiger partial charge in [-0.05, 0) is 18.2 Å². The van der Waals surface area contributed by atoms with Gasteiger partial charge in [-0.15, -0.1) is 0 Å². The van der Waals surface area contributed by atoms with Crippen molar-refractivity contribution in [2.24, 2.45) is 0 Å². The highest BCUT2D eigenvalue weighted by molar-refractivity contribution is 5.96. The predicted octanol–water partition coefficient (Wildman–Crippen LogP) is 1.29. The van der Waals surface area contributed by atoms with E-state index in [0.29, 0.717) is 17.1 Å². The van der Waals surface area contributed by atoms with Crippen molar-refractivity contribution in [3.63, 3.8) is 0 Å². The average molecular weight is 309 g/mol. The van der Waals surface area contributed by atoms with Crippen LogP contribution in [0.5, 0.6) is 5.75 Å². The molecule has 0 saturated heterocycles. The van der Waals surface area contributed by atoms with Crippen LogP contribution in [0.1, 0.15) is 6.92 Å². The minimum atomic E-state index is -0.617. The molecule has 2 N–H and O–H groups in total. The van der Waals surface area contributed by atoms with Gasteiger partial charge in [0, 0.05) is 19.7 Å². The molecule has 1 aromatic rings. The van der Waals surface area contributed by atoms with Crippen LogP contribution < -0.4 is 15.4 Å². The maximum atomic E-state index is 11.9. The summed E-state index contributed by atoms with van der Waals surface area (Å²) in [5.74, 6) is -0.220. The Hall–Kier alpha value is -2.77. The van der Waals surface area contributed by atoms with Gasteiger partial charge in [0.1, 0.15) is 12.3 Å². The first-order valence-corrected chi connectivity index (χ1v) is 6.42. The largest absolute Gasteiger partial charge is 0.495 e. The third kappa shape index (κ3) is 4.97. The van der Waals surface area contributed by atoms with Crippen LogP contribution in [-0.4, -0.2) is 50.6 Å². The van der Waals surface area contributed by atoms with Gasteiger partial charge in [-0.1, -0.05) is 0 Å². The highest BCUT2D eigenvalue weighted by Crippen LogP contribution is 2.27. The number of carbonyl (C=O) groups is 3. The number of methoxy groups -OCH3 is 2. The second kappa shape index (κ2) is 7.87. The van der Waals surface area contributed by atoms with Gasteiger partial charge in [-0.25, -0.2) is 4.79 Å². The smallest absolute Gasteiger partial charge is 0.409 e. The van der Waals surface area contributed by atoms with E-state index in [9.17, 15) is 14.4 Å². The van der Waals surface area contributed by atoms with E-state index in [1.54, 1.807) is 18.2 Å². The van der Waals surface area contributed by atoms with Gasteiger partial charge in [0.25, 0.3) is 0 Å². The number of carbonyl (C=O) groups excluding carboxylic acids is 3. The molecule has 8 nitrogen and oxygen atoms in total. The second-order valence-electron chi connectivity index (χ2n) is 4.47. The van der Waals surface area contributed by atoms with Crippen molar-refractivity contribution in [1.82, 2.24) is 4.90 Å². The summed E-state index contributed by atoms with van der Waals surface area (Å²) in [5, 5.41) is 5.23. The fraction of sp³-hybridized carbons (Fsp3) is 0.357. The molecule has 0 saturated carbocycles. The molecule has 0 heterocycles. The lowest BCUT2D eigenvalue weighted by Crippen LogP contribution is -2.34. The fourth-order valence-electron chi connectivity index (χ4n) is 1.71. The number of ether oxygens (including phenoxy) is 2. The van der Waals surface area contributed by atoms with Gasteiger partial charge in [0.05, 0.1) is 19.9 Å². The molecule has 0 aromatic heterocycles. The summed E-state index contributed by atoms with van der Waals surface area (Å²) in [6, 6.07) is 4.83. The third-order valence-corrected chi connectivity index (χ3v) is 2.66. The van der Waals surface area contributed by atoms with E-state index < -0.39 is 12.0 Å². The van der Waals surface area contributed by atoms with Crippen LogP contribution in [0.25, 0.3) is 0 Å². The Morgan fingerprint density at radius 2 is 1.86 bits per heavy atom. The molecule has 8 heteroatoms. The maximum Gasteiger partial charge on any atom is 0.409 e. The first-order valence-electron chi connectivity index (χ1n) is 6.42. The minimum Gasteiger partial charge on any atom is -0.495 e. The summed E-state index contributed by atoms with van der Waals surface area (Å²) >= 11 is 0. The van der Waals surface area contributed by atoms with Gasteiger partial charge in [-0.2, -0.15) is 0 Å². The van der Waals surface area contributed by atoms with Crippen LogP contribution in [0.3, 0.4) is 0 Å². The van der Waals surface area contributed by atoms with Crippen LogP contribution in [0.15, 0.2) is 18.2 Å². The van der Waals surface area contributed by atoms with E-state index in [1.165, 1.54) is 28.2 Å². The van der Waals surface area contributed by atoms with Crippen LogP contribution in [0.4, 0.5) is 16.2 Å². The van der Waals surface area contributed by atoms with E-state index in [1.807, 2.05) is 0 Å². The Morgan fingerprint density at radius 3 is 2.41 bits per heavy atom. The summed E-state index contributed by atoms with van der Waals surface area (Å²) in [4.78, 5) is 35.4. The summed E-state index contributed by atoms with van der Waals surface area (Å²) in [6.45, 7) is 1.20. The third-order valence-electron chi connectivity index (χ3n) is 2.66. The molecule has 0 unspecified atom stereocenters. The van der Waals surface area contributed by atoms with Crippen molar-refractivity contribution >= 4 is 29.3 Å². The number of nitrogens with zero attached hydrogens (tertiary/aromatic N) is 1. The Morgan fingerprint density at radius 1 is 1.18 bits per heavy atom. The lowest BCUT2D eigenvalue weighted by Gasteiger charge is -2.16. The van der Waals surface area contributed by atoms with E-state index in [0.717, 1.165) is 4.90 Å². The molecule has 1 aromatic carbocycles. The first-order chi connectivity index (χ1) is 10.4. The SMILES string of the molecule is COC(=O)N(C)CC(=O)Nc1cc(NC(C)=O)ccc1OC. The Labute approximate surface area is 128 Å². The Balaban J connectivity index is 2.83. The molecular weight excluding hydrogens is 290 g/mol. The number of rotatable bonds is 5. The molecular formula is C14H19N3O5. The van der Waals surface area contributed by atoms with Gasteiger partial charge in [0.2, 0.25) is 11.8 Å². The van der Waals surface area contributed by atoms with Crippen LogP contribution >= 0.6 is 0 Å². The monoisotopic (exact) mass is 309 g/mol. The highest BCUT2D eigenvalue weighted by Gasteiger charge is 2.15. The van der Waals surface area contributed by atoms with Crippen molar-refractivity contribution < 1.29 is 23.9 Å². The zero-order valence-electron chi connectivity index (χ0n) is 12.9. The summed E-state index contributed by atoms with van der Waals surface area (Å²) in [7, 11) is 4.14. The summed E-state index contributed by atoms with van der Waals surface area (Å²) in [6.07, 6.45) is -0.617. The zero-order chi connectivity index (χ0) is 16.7. The molecule has 0 fully saturated rings. The normalized spacial score (nSPS) is 9.64. The lowest BCUT2D eigenvalue weighted by molar-refractivity contribution is -0.117. The number of amides is 3. The quantitative estimate of drug-likeness (QED) is 0.854. The molecule has 0 bridgehead atoms. The molecule has 3 amide bonds. The molecule has 0 radical (unpaired) electrons. The topological polar surface area (TPSA) is 97.0 Å². The van der Waals surface area contributed by atoms with Crippen LogP contribution in [0.2, 0.25) is 0 Å². The van der Waals surface area contributed by atoms with Gasteiger partial charge in [0.15, 0.2) is 0 Å². The van der Waals surface area contributed by atoms with E-state index in [-0.39, 0.29) is 12.5 Å². The van der Waals surface area contributed by atoms with Crippen molar-refractivity contribution in [2.45, 2.75) is 6.92 Å². The van der Waals surface area contributed by atoms with Gasteiger partial charge >= 0.3 is 6.09 Å². The van der Waals surface area contributed by atoms with Crippen molar-refractivity contribution in [2.75, 3.05) is 38.4 Å². The molecule has 0 aliphatic heterocycles. The van der Waals surface area contributed by atoms with Crippen LogP contribution in [0, 0.1) is 0 Å². The fourth-order valence-corrected chi connectivity index (χ4v) is 1.71. The number of hydrogen-bond donors (Lipinski definition) is 2. The van der Waals surface area contributed by atoms with Gasteiger partial charge < -0.3 is 25.0 Å². The van der Waals surface area contributed by atoms with E-state index in [2.05, 4.69) is 15.4 Å². The Kier molecular flexibility index (Phi) is 6.18. The molecule has 0 aliphatic carbocycles. The molecule has 22 heavy (non-hydrogen) atoms. The van der Waals surface area contributed by atoms with Gasteiger partial charge in [-0.3, -0.25) is 9.59 Å². The molecule has 0 spiro atoms. The molecule has 0 aliphatic rings. The van der Waals surface area contributed by atoms with Crippen molar-refractivity contribution in [1.29, 1.82) is 0 Å².